The summed E-state index contributed by atoms with van der Waals surface area (Å²) in [4.78, 5) is 24.8. The van der Waals surface area contributed by atoms with Crippen molar-refractivity contribution in [3.8, 4) is 0 Å². The molecule has 0 atom stereocenters. The molecule has 2 rings (SSSR count). The number of amides is 2. The Morgan fingerprint density at radius 2 is 1.37 bits per heavy atom. The highest BCUT2D eigenvalue weighted by Crippen LogP contribution is 2.27. The van der Waals surface area contributed by atoms with Gasteiger partial charge in [-0.3, -0.25) is 9.59 Å². The van der Waals surface area contributed by atoms with Gasteiger partial charge < -0.3 is 10.6 Å². The van der Waals surface area contributed by atoms with Crippen molar-refractivity contribution >= 4 is 29.1 Å². The smallest absolute Gasteiger partial charge is 0.313 e. The van der Waals surface area contributed by atoms with Crippen LogP contribution in [0, 0.1) is 13.8 Å². The van der Waals surface area contributed by atoms with Crippen LogP contribution in [0.1, 0.15) is 81.8 Å². The molecule has 1 aromatic carbocycles. The van der Waals surface area contributed by atoms with Crippen molar-refractivity contribution in [2.24, 2.45) is 0 Å². The molecule has 1 aromatic rings. The lowest BCUT2D eigenvalue weighted by Gasteiger charge is -2.19. The standard InChI is InChI=1S/C22H33ClN2O2/c1-16-14-17(2)20(19(23)15-16)25-22(27)21(26)24-18-12-10-8-6-4-3-5-7-9-11-13-18/h14-15,18H,3-13H2,1-2H3,(H,24,26)(H,25,27). The SMILES string of the molecule is Cc1cc(C)c(NC(=O)C(=O)NC2CCCCCCCCCCC2)c(Cl)c1. The summed E-state index contributed by atoms with van der Waals surface area (Å²) in [5.74, 6) is -1.21. The average Bonchev–Trinajstić information content (AvgIpc) is 2.60. The number of hydrogen-bond donors (Lipinski definition) is 2. The number of anilines is 1. The van der Waals surface area contributed by atoms with Crippen molar-refractivity contribution in [1.82, 2.24) is 5.32 Å². The second kappa shape index (κ2) is 11.3. The van der Waals surface area contributed by atoms with Crippen LogP contribution >= 0.6 is 11.6 Å². The van der Waals surface area contributed by atoms with E-state index in [4.69, 9.17) is 11.6 Å². The van der Waals surface area contributed by atoms with Gasteiger partial charge in [0.05, 0.1) is 10.7 Å². The van der Waals surface area contributed by atoms with E-state index in [-0.39, 0.29) is 6.04 Å². The number of nitrogens with one attached hydrogen (secondary N) is 2. The Labute approximate surface area is 168 Å². The van der Waals surface area contributed by atoms with Crippen molar-refractivity contribution < 1.29 is 9.59 Å². The molecule has 2 N–H and O–H groups in total. The van der Waals surface area contributed by atoms with E-state index in [1.807, 2.05) is 19.9 Å². The number of carbonyl (C=O) groups is 2. The quantitative estimate of drug-likeness (QED) is 0.635. The zero-order chi connectivity index (χ0) is 19.6. The van der Waals surface area contributed by atoms with Gasteiger partial charge in [-0.2, -0.15) is 0 Å². The Kier molecular flexibility index (Phi) is 9.12. The van der Waals surface area contributed by atoms with E-state index in [1.165, 1.54) is 44.9 Å². The molecule has 1 saturated carbocycles. The van der Waals surface area contributed by atoms with Gasteiger partial charge in [0, 0.05) is 6.04 Å². The third-order valence-corrected chi connectivity index (χ3v) is 5.61. The van der Waals surface area contributed by atoms with Crippen LogP contribution < -0.4 is 10.6 Å². The maximum Gasteiger partial charge on any atom is 0.313 e. The van der Waals surface area contributed by atoms with E-state index >= 15 is 0 Å². The highest BCUT2D eigenvalue weighted by atomic mass is 35.5. The van der Waals surface area contributed by atoms with E-state index < -0.39 is 11.8 Å². The van der Waals surface area contributed by atoms with Crippen molar-refractivity contribution in [3.63, 3.8) is 0 Å². The molecule has 1 aliphatic rings. The minimum atomic E-state index is -0.644. The van der Waals surface area contributed by atoms with Crippen molar-refractivity contribution in [2.75, 3.05) is 5.32 Å². The van der Waals surface area contributed by atoms with E-state index in [0.717, 1.165) is 36.8 Å². The summed E-state index contributed by atoms with van der Waals surface area (Å²) in [6, 6.07) is 3.80. The van der Waals surface area contributed by atoms with Gasteiger partial charge in [0.1, 0.15) is 0 Å². The fraction of sp³-hybridized carbons (Fsp3) is 0.636. The molecule has 0 saturated heterocycles. The fourth-order valence-corrected chi connectivity index (χ4v) is 4.17. The molecule has 0 heterocycles. The summed E-state index contributed by atoms with van der Waals surface area (Å²) in [5, 5.41) is 6.09. The number of carbonyl (C=O) groups excluding carboxylic acids is 2. The second-order valence-corrected chi connectivity index (χ2v) is 8.23. The van der Waals surface area contributed by atoms with Gasteiger partial charge in [0.25, 0.3) is 0 Å². The van der Waals surface area contributed by atoms with Gasteiger partial charge in [-0.1, -0.05) is 75.5 Å². The third-order valence-electron chi connectivity index (χ3n) is 5.32. The monoisotopic (exact) mass is 392 g/mol. The van der Waals surface area contributed by atoms with Crippen LogP contribution in [0.15, 0.2) is 12.1 Å². The molecule has 0 radical (unpaired) electrons. The summed E-state index contributed by atoms with van der Waals surface area (Å²) >= 11 is 6.23. The number of hydrogen-bond acceptors (Lipinski definition) is 2. The summed E-state index contributed by atoms with van der Waals surface area (Å²) in [6.07, 6.45) is 13.0. The summed E-state index contributed by atoms with van der Waals surface area (Å²) in [5.41, 5.74) is 2.39. The van der Waals surface area contributed by atoms with E-state index in [9.17, 15) is 9.59 Å². The van der Waals surface area contributed by atoms with Crippen molar-refractivity contribution in [1.29, 1.82) is 0 Å². The molecule has 0 unspecified atom stereocenters. The predicted molar refractivity (Wildman–Crippen MR) is 112 cm³/mol. The highest BCUT2D eigenvalue weighted by Gasteiger charge is 2.20. The summed E-state index contributed by atoms with van der Waals surface area (Å²) in [6.45, 7) is 3.82. The van der Waals surface area contributed by atoms with Gasteiger partial charge in [0.2, 0.25) is 0 Å². The number of benzene rings is 1. The lowest BCUT2D eigenvalue weighted by molar-refractivity contribution is -0.136. The second-order valence-electron chi connectivity index (χ2n) is 7.82. The van der Waals surface area contributed by atoms with Gasteiger partial charge >= 0.3 is 11.8 Å². The molecule has 2 amide bonds. The van der Waals surface area contributed by atoms with Crippen molar-refractivity contribution in [3.05, 3.63) is 28.3 Å². The molecular weight excluding hydrogens is 360 g/mol. The maximum atomic E-state index is 12.4. The third kappa shape index (κ3) is 7.53. The molecule has 0 aliphatic heterocycles. The lowest BCUT2D eigenvalue weighted by atomic mass is 9.98. The molecule has 150 valence electrons. The number of halogens is 1. The molecule has 5 heteroatoms. The van der Waals surface area contributed by atoms with Crippen LogP contribution in [-0.4, -0.2) is 17.9 Å². The first-order valence-electron chi connectivity index (χ1n) is 10.4. The topological polar surface area (TPSA) is 58.2 Å². The van der Waals surface area contributed by atoms with E-state index in [1.54, 1.807) is 6.07 Å². The van der Waals surface area contributed by atoms with Crippen LogP contribution in [0.3, 0.4) is 0 Å². The molecule has 0 spiro atoms. The first-order valence-corrected chi connectivity index (χ1v) is 10.7. The minimum Gasteiger partial charge on any atom is -0.345 e. The van der Waals surface area contributed by atoms with Gasteiger partial charge in [-0.25, -0.2) is 0 Å². The normalized spacial score (nSPS) is 17.4. The summed E-state index contributed by atoms with van der Waals surface area (Å²) in [7, 11) is 0. The largest absolute Gasteiger partial charge is 0.345 e. The highest BCUT2D eigenvalue weighted by molar-refractivity contribution is 6.41. The first-order chi connectivity index (χ1) is 13.0. The number of rotatable bonds is 2. The Morgan fingerprint density at radius 3 is 1.89 bits per heavy atom. The van der Waals surface area contributed by atoms with Crippen LogP contribution in [-0.2, 0) is 9.59 Å². The van der Waals surface area contributed by atoms with Crippen LogP contribution in [0.5, 0.6) is 0 Å². The zero-order valence-corrected chi connectivity index (χ0v) is 17.5. The molecule has 0 bridgehead atoms. The fourth-order valence-electron chi connectivity index (χ4n) is 3.80. The molecule has 1 fully saturated rings. The number of aryl methyl sites for hydroxylation is 2. The Hall–Kier alpha value is -1.55. The molecular formula is C22H33ClN2O2. The average molecular weight is 393 g/mol. The lowest BCUT2D eigenvalue weighted by Crippen LogP contribution is -2.42. The minimum absolute atomic E-state index is 0.0808. The summed E-state index contributed by atoms with van der Waals surface area (Å²) < 4.78 is 0. The van der Waals surface area contributed by atoms with Crippen molar-refractivity contribution in [2.45, 2.75) is 90.5 Å². The first kappa shape index (κ1) is 21.7. The molecule has 27 heavy (non-hydrogen) atoms. The van der Waals surface area contributed by atoms with Crippen LogP contribution in [0.2, 0.25) is 5.02 Å². The van der Waals surface area contributed by atoms with Gasteiger partial charge in [-0.15, -0.1) is 0 Å². The van der Waals surface area contributed by atoms with Gasteiger partial charge in [0.15, 0.2) is 0 Å². The predicted octanol–water partition coefficient (Wildman–Crippen LogP) is 5.68. The Morgan fingerprint density at radius 1 is 0.852 bits per heavy atom. The van der Waals surface area contributed by atoms with E-state index in [0.29, 0.717) is 10.7 Å². The van der Waals surface area contributed by atoms with Crippen LogP contribution in [0.25, 0.3) is 0 Å². The molecule has 0 aromatic heterocycles. The molecule has 4 nitrogen and oxygen atoms in total. The Balaban J connectivity index is 1.91. The van der Waals surface area contributed by atoms with Crippen LogP contribution in [0.4, 0.5) is 5.69 Å². The Bertz CT molecular complexity index is 610. The van der Waals surface area contributed by atoms with Gasteiger partial charge in [-0.05, 0) is 43.9 Å². The molecule has 1 aliphatic carbocycles. The van der Waals surface area contributed by atoms with E-state index in [2.05, 4.69) is 10.6 Å². The maximum absolute atomic E-state index is 12.4. The zero-order valence-electron chi connectivity index (χ0n) is 16.7.